The summed E-state index contributed by atoms with van der Waals surface area (Å²) < 4.78 is 48.1. The number of esters is 2. The Morgan fingerprint density at radius 3 is 1.57 bits per heavy atom. The number of hydrogen-bond acceptors (Lipinski definition) is 13. The number of phosphoric acid groups is 2. The van der Waals surface area contributed by atoms with Gasteiger partial charge < -0.3 is 44.6 Å². The van der Waals surface area contributed by atoms with Gasteiger partial charge in [-0.1, -0.05) is 84.0 Å². The van der Waals surface area contributed by atoms with Crippen LogP contribution in [0.4, 0.5) is 0 Å². The molecule has 18 heteroatoms. The maximum Gasteiger partial charge on any atom is 0.472 e. The highest BCUT2D eigenvalue weighted by Crippen LogP contribution is 2.48. The smallest absolute Gasteiger partial charge is 0.456 e. The SMILES string of the molecule is C#CC#CC#CC#CC#CC(=O)OC[C@H](COP(=O)(O)OC1C(O)[C@H](O)[C@H](OP(=O)(O)O)C(O)[C@@H]1O)OC(=O)CCCCCCCCCCCCCCC. The Kier molecular flexibility index (Phi) is 24.8. The number of hydrogen-bond donors (Lipinski definition) is 7. The van der Waals surface area contributed by atoms with Gasteiger partial charge in [-0.2, -0.15) is 0 Å². The van der Waals surface area contributed by atoms with Crippen molar-refractivity contribution in [2.45, 2.75) is 140 Å². The summed E-state index contributed by atoms with van der Waals surface area (Å²) in [5.74, 6) is 18.2. The van der Waals surface area contributed by atoms with Gasteiger partial charge in [-0.25, -0.2) is 13.9 Å². The Hall–Kier alpha value is -3.20. The predicted molar refractivity (Wildman–Crippen MR) is 193 cm³/mol. The minimum Gasteiger partial charge on any atom is -0.456 e. The zero-order valence-corrected chi connectivity index (χ0v) is 31.9. The predicted octanol–water partition coefficient (Wildman–Crippen LogP) is 2.01. The Morgan fingerprint density at radius 1 is 0.648 bits per heavy atom. The highest BCUT2D eigenvalue weighted by atomic mass is 31.2. The summed E-state index contributed by atoms with van der Waals surface area (Å²) in [6.07, 6.45) is 3.99. The highest BCUT2D eigenvalue weighted by molar-refractivity contribution is 7.47. The van der Waals surface area contributed by atoms with Crippen LogP contribution in [0.1, 0.15) is 96.8 Å². The second-order valence-corrected chi connectivity index (χ2v) is 14.8. The summed E-state index contributed by atoms with van der Waals surface area (Å²) in [6, 6.07) is 0. The van der Waals surface area contributed by atoms with Gasteiger partial charge in [0.2, 0.25) is 0 Å². The highest BCUT2D eigenvalue weighted by Gasteiger charge is 2.54. The van der Waals surface area contributed by atoms with Crippen molar-refractivity contribution >= 4 is 27.6 Å². The van der Waals surface area contributed by atoms with Crippen molar-refractivity contribution in [1.82, 2.24) is 0 Å². The second kappa shape index (κ2) is 27.4. The Bertz CT molecular complexity index is 1540. The van der Waals surface area contributed by atoms with Crippen molar-refractivity contribution in [1.29, 1.82) is 0 Å². The van der Waals surface area contributed by atoms with Crippen molar-refractivity contribution < 1.29 is 76.9 Å². The van der Waals surface area contributed by atoms with Crippen molar-refractivity contribution in [3.63, 3.8) is 0 Å². The van der Waals surface area contributed by atoms with Gasteiger partial charge in [0.1, 0.15) is 43.2 Å². The number of rotatable bonds is 24. The fourth-order valence-electron chi connectivity index (χ4n) is 5.08. The number of carbonyl (C=O) groups is 2. The van der Waals surface area contributed by atoms with Gasteiger partial charge in [0.25, 0.3) is 0 Å². The van der Waals surface area contributed by atoms with Crippen LogP contribution in [0.3, 0.4) is 0 Å². The number of aliphatic hydroxyl groups is 4. The molecule has 1 rings (SSSR count). The van der Waals surface area contributed by atoms with E-state index in [9.17, 15) is 44.0 Å². The maximum absolute atomic E-state index is 12.8. The van der Waals surface area contributed by atoms with Crippen LogP contribution < -0.4 is 0 Å². The van der Waals surface area contributed by atoms with E-state index in [-0.39, 0.29) is 6.42 Å². The summed E-state index contributed by atoms with van der Waals surface area (Å²) in [7, 11) is -10.7. The Balaban J connectivity index is 2.77. The molecule has 300 valence electrons. The molecule has 0 spiro atoms. The first-order chi connectivity index (χ1) is 25.6. The summed E-state index contributed by atoms with van der Waals surface area (Å²) in [5, 5.41) is 41.1. The maximum atomic E-state index is 12.8. The van der Waals surface area contributed by atoms with E-state index in [4.69, 9.17) is 34.7 Å². The largest absolute Gasteiger partial charge is 0.472 e. The second-order valence-electron chi connectivity index (χ2n) is 12.2. The zero-order valence-electron chi connectivity index (χ0n) is 30.1. The molecule has 0 aromatic heterocycles. The molecule has 16 nitrogen and oxygen atoms in total. The molecular weight excluding hydrogens is 750 g/mol. The third-order valence-corrected chi connectivity index (χ3v) is 9.28. The topological polar surface area (TPSA) is 256 Å². The van der Waals surface area contributed by atoms with Crippen LogP contribution in [0.5, 0.6) is 0 Å². The fraction of sp³-hybridized carbons (Fsp3) is 0.667. The van der Waals surface area contributed by atoms with Crippen LogP contribution in [0.25, 0.3) is 0 Å². The number of ether oxygens (including phenoxy) is 2. The number of aliphatic hydroxyl groups excluding tert-OH is 4. The average Bonchev–Trinajstić information content (AvgIpc) is 3.11. The van der Waals surface area contributed by atoms with Crippen LogP contribution in [-0.4, -0.2) is 103 Å². The Labute approximate surface area is 316 Å². The normalized spacial score (nSPS) is 22.1. The molecule has 8 atom stereocenters. The minimum atomic E-state index is -5.33. The van der Waals surface area contributed by atoms with Gasteiger partial charge in [0, 0.05) is 12.3 Å². The van der Waals surface area contributed by atoms with E-state index in [1.165, 1.54) is 44.9 Å². The van der Waals surface area contributed by atoms with Crippen LogP contribution in [-0.2, 0) is 41.8 Å². The van der Waals surface area contributed by atoms with E-state index in [1.54, 1.807) is 0 Å². The number of terminal acetylenes is 1. The van der Waals surface area contributed by atoms with Crippen LogP contribution >= 0.6 is 15.6 Å². The molecule has 0 aliphatic heterocycles. The first-order valence-electron chi connectivity index (χ1n) is 17.6. The number of phosphoric ester groups is 2. The molecule has 7 N–H and O–H groups in total. The molecule has 1 aliphatic carbocycles. The fourth-order valence-corrected chi connectivity index (χ4v) is 6.62. The quantitative estimate of drug-likeness (QED) is 0.0242. The van der Waals surface area contributed by atoms with Crippen LogP contribution in [0, 0.1) is 59.7 Å². The van der Waals surface area contributed by atoms with Gasteiger partial charge >= 0.3 is 27.6 Å². The summed E-state index contributed by atoms with van der Waals surface area (Å²) in [6.45, 7) is 0.557. The van der Waals surface area contributed by atoms with Gasteiger partial charge in [-0.15, -0.1) is 6.42 Å². The molecular formula is C36H50O16P2. The van der Waals surface area contributed by atoms with E-state index in [1.807, 2.05) is 5.92 Å². The molecule has 1 fully saturated rings. The van der Waals surface area contributed by atoms with Gasteiger partial charge in [0.15, 0.2) is 6.10 Å². The molecule has 0 amide bonds. The van der Waals surface area contributed by atoms with Crippen molar-refractivity contribution in [2.24, 2.45) is 0 Å². The first kappa shape index (κ1) is 48.8. The van der Waals surface area contributed by atoms with Gasteiger partial charge in [0.05, 0.1) is 6.61 Å². The van der Waals surface area contributed by atoms with E-state index in [0.717, 1.165) is 32.1 Å². The molecule has 0 radical (unpaired) electrons. The monoisotopic (exact) mass is 800 g/mol. The van der Waals surface area contributed by atoms with E-state index < -0.39 is 83.5 Å². The third kappa shape index (κ3) is 22.2. The van der Waals surface area contributed by atoms with Crippen molar-refractivity contribution in [3.05, 3.63) is 0 Å². The van der Waals surface area contributed by atoms with Crippen LogP contribution in [0.15, 0.2) is 0 Å². The van der Waals surface area contributed by atoms with Crippen LogP contribution in [0.2, 0.25) is 0 Å². The number of unbranched alkanes of at least 4 members (excludes halogenated alkanes) is 12. The van der Waals surface area contributed by atoms with E-state index in [0.29, 0.717) is 6.42 Å². The summed E-state index contributed by atoms with van der Waals surface area (Å²) >= 11 is 0. The molecule has 0 aromatic carbocycles. The standard InChI is InChI=1S/C36H50O16P2/c1-3-5-7-9-11-13-14-15-16-17-19-21-23-25-30(38)50-28(26-48-29(37)24-22-20-18-12-10-8-6-4-2)27-49-54(46,47)52-36-33(41)31(39)35(32(40)34(36)42)51-53(43,44)45/h2,28,31-36,39-42H,3,5,7,9,11,13-17,19,21,23,25-27H2,1H3,(H,46,47)(H2,43,44,45)/t28-,31+,32?,33?,34+,35+,36?/m1/s1. The molecule has 0 saturated heterocycles. The lowest BCUT2D eigenvalue weighted by atomic mass is 9.85. The van der Waals surface area contributed by atoms with Gasteiger partial charge in [-0.05, 0) is 53.8 Å². The molecule has 1 aliphatic rings. The summed E-state index contributed by atoms with van der Waals surface area (Å²) in [4.78, 5) is 53.0. The molecule has 54 heavy (non-hydrogen) atoms. The average molecular weight is 801 g/mol. The zero-order chi connectivity index (χ0) is 40.4. The van der Waals surface area contributed by atoms with Gasteiger partial charge in [-0.3, -0.25) is 18.4 Å². The molecule has 0 heterocycles. The van der Waals surface area contributed by atoms with E-state index in [2.05, 4.69) is 58.8 Å². The summed E-state index contributed by atoms with van der Waals surface area (Å²) in [5.41, 5.74) is 0. The minimum absolute atomic E-state index is 0.0221. The molecule has 0 aromatic rings. The van der Waals surface area contributed by atoms with Crippen molar-refractivity contribution in [2.75, 3.05) is 13.2 Å². The molecule has 0 bridgehead atoms. The number of carbonyl (C=O) groups excluding carboxylic acids is 2. The molecule has 4 unspecified atom stereocenters. The molecule has 1 saturated carbocycles. The lowest BCUT2D eigenvalue weighted by Gasteiger charge is -2.43. The van der Waals surface area contributed by atoms with Crippen molar-refractivity contribution in [3.8, 4) is 59.7 Å². The Morgan fingerprint density at radius 2 is 1.09 bits per heavy atom. The van der Waals surface area contributed by atoms with E-state index >= 15 is 0 Å². The lowest BCUT2D eigenvalue weighted by Crippen LogP contribution is -2.64. The first-order valence-corrected chi connectivity index (χ1v) is 20.6. The lowest BCUT2D eigenvalue weighted by molar-refractivity contribution is -0.216. The third-order valence-electron chi connectivity index (χ3n) is 7.78.